The second-order valence-electron chi connectivity index (χ2n) is 4.50. The number of carbonyl (C=O) groups is 2. The summed E-state index contributed by atoms with van der Waals surface area (Å²) in [7, 11) is 0. The van der Waals surface area contributed by atoms with Crippen molar-refractivity contribution in [3.8, 4) is 0 Å². The zero-order valence-electron chi connectivity index (χ0n) is 10.9. The Morgan fingerprint density at radius 1 is 1.40 bits per heavy atom. The van der Waals surface area contributed by atoms with Crippen LogP contribution in [0.1, 0.15) is 23.2 Å². The smallest absolute Gasteiger partial charge is 0.340 e. The molecule has 0 saturated carbocycles. The van der Waals surface area contributed by atoms with E-state index in [0.717, 1.165) is 19.4 Å². The second-order valence-corrected chi connectivity index (χ2v) is 4.90. The fourth-order valence-electron chi connectivity index (χ4n) is 1.92. The van der Waals surface area contributed by atoms with Gasteiger partial charge in [0.2, 0.25) is 0 Å². The Hall–Kier alpha value is -1.59. The highest BCUT2D eigenvalue weighted by atomic mass is 35.5. The standard InChI is InChI=1S/C14H16ClNO4/c15-12-6-2-1-5-11(12)14(18)20-9-13(17)16-8-10-4-3-7-19-10/h1-2,5-6,10H,3-4,7-9H2,(H,16,17)/t10-/m1/s1. The fourth-order valence-corrected chi connectivity index (χ4v) is 2.13. The van der Waals surface area contributed by atoms with E-state index in [-0.39, 0.29) is 24.2 Å². The Bertz CT molecular complexity index is 486. The number of nitrogens with one attached hydrogen (secondary N) is 1. The third kappa shape index (κ3) is 4.21. The minimum atomic E-state index is -0.608. The summed E-state index contributed by atoms with van der Waals surface area (Å²) >= 11 is 5.86. The molecule has 0 bridgehead atoms. The molecule has 1 fully saturated rings. The minimum Gasteiger partial charge on any atom is -0.452 e. The van der Waals surface area contributed by atoms with Crippen molar-refractivity contribution in [1.29, 1.82) is 0 Å². The molecule has 1 aliphatic heterocycles. The zero-order valence-corrected chi connectivity index (χ0v) is 11.7. The Labute approximate surface area is 122 Å². The van der Waals surface area contributed by atoms with Crippen LogP contribution in [0.25, 0.3) is 0 Å². The van der Waals surface area contributed by atoms with Crippen LogP contribution in [-0.2, 0) is 14.3 Å². The van der Waals surface area contributed by atoms with E-state index in [2.05, 4.69) is 5.32 Å². The summed E-state index contributed by atoms with van der Waals surface area (Å²) in [6, 6.07) is 6.54. The summed E-state index contributed by atoms with van der Waals surface area (Å²) in [4.78, 5) is 23.3. The molecule has 0 aromatic heterocycles. The molecular formula is C14H16ClNO4. The van der Waals surface area contributed by atoms with Crippen molar-refractivity contribution in [2.75, 3.05) is 19.8 Å². The second kappa shape index (κ2) is 7.26. The van der Waals surface area contributed by atoms with Crippen LogP contribution in [0.15, 0.2) is 24.3 Å². The monoisotopic (exact) mass is 297 g/mol. The molecule has 1 heterocycles. The first-order valence-electron chi connectivity index (χ1n) is 6.47. The molecule has 108 valence electrons. The molecule has 0 aliphatic carbocycles. The number of benzene rings is 1. The lowest BCUT2D eigenvalue weighted by molar-refractivity contribution is -0.124. The molecule has 1 aromatic rings. The van der Waals surface area contributed by atoms with Crippen molar-refractivity contribution >= 4 is 23.5 Å². The van der Waals surface area contributed by atoms with Crippen LogP contribution < -0.4 is 5.32 Å². The maximum atomic E-state index is 11.7. The summed E-state index contributed by atoms with van der Waals surface area (Å²) < 4.78 is 10.3. The molecule has 1 atom stereocenters. The highest BCUT2D eigenvalue weighted by Crippen LogP contribution is 2.15. The first-order valence-corrected chi connectivity index (χ1v) is 6.84. The van der Waals surface area contributed by atoms with Gasteiger partial charge in [0.1, 0.15) is 0 Å². The van der Waals surface area contributed by atoms with Crippen molar-refractivity contribution < 1.29 is 19.1 Å². The third-order valence-electron chi connectivity index (χ3n) is 2.98. The van der Waals surface area contributed by atoms with Gasteiger partial charge in [-0.15, -0.1) is 0 Å². The average Bonchev–Trinajstić information content (AvgIpc) is 2.96. The molecule has 1 saturated heterocycles. The first-order chi connectivity index (χ1) is 9.66. The van der Waals surface area contributed by atoms with Crippen molar-refractivity contribution in [3.63, 3.8) is 0 Å². The first kappa shape index (κ1) is 14.8. The number of hydrogen-bond acceptors (Lipinski definition) is 4. The maximum absolute atomic E-state index is 11.7. The van der Waals surface area contributed by atoms with Crippen LogP contribution in [0.5, 0.6) is 0 Å². The van der Waals surface area contributed by atoms with Crippen molar-refractivity contribution in [3.05, 3.63) is 34.9 Å². The molecule has 0 unspecified atom stereocenters. The largest absolute Gasteiger partial charge is 0.452 e. The molecule has 0 radical (unpaired) electrons. The van der Waals surface area contributed by atoms with Gasteiger partial charge in [0.05, 0.1) is 16.7 Å². The summed E-state index contributed by atoms with van der Waals surface area (Å²) in [6.45, 7) is 0.862. The average molecular weight is 298 g/mol. The van der Waals surface area contributed by atoms with Crippen LogP contribution in [0.4, 0.5) is 0 Å². The molecule has 6 heteroatoms. The summed E-state index contributed by atoms with van der Waals surface area (Å²) in [5, 5.41) is 2.97. The van der Waals surface area contributed by atoms with Crippen molar-refractivity contribution in [1.82, 2.24) is 5.32 Å². The van der Waals surface area contributed by atoms with E-state index in [1.165, 1.54) is 0 Å². The van der Waals surface area contributed by atoms with Gasteiger partial charge < -0.3 is 14.8 Å². The quantitative estimate of drug-likeness (QED) is 0.842. The van der Waals surface area contributed by atoms with E-state index < -0.39 is 5.97 Å². The molecule has 0 spiro atoms. The molecule has 20 heavy (non-hydrogen) atoms. The van der Waals surface area contributed by atoms with Crippen molar-refractivity contribution in [2.24, 2.45) is 0 Å². The number of amides is 1. The molecule has 5 nitrogen and oxygen atoms in total. The van der Waals surface area contributed by atoms with Gasteiger partial charge in [0, 0.05) is 13.2 Å². The topological polar surface area (TPSA) is 64.6 Å². The fraction of sp³-hybridized carbons (Fsp3) is 0.429. The molecule has 1 amide bonds. The van der Waals surface area contributed by atoms with Gasteiger partial charge in [-0.3, -0.25) is 4.79 Å². The number of hydrogen-bond donors (Lipinski definition) is 1. The summed E-state index contributed by atoms with van der Waals surface area (Å²) in [5.41, 5.74) is 0.251. The predicted octanol–water partition coefficient (Wildman–Crippen LogP) is 1.79. The van der Waals surface area contributed by atoms with Gasteiger partial charge in [0.15, 0.2) is 6.61 Å². The van der Waals surface area contributed by atoms with Gasteiger partial charge in [-0.1, -0.05) is 23.7 Å². The molecule has 1 N–H and O–H groups in total. The molecule has 1 aromatic carbocycles. The van der Waals surface area contributed by atoms with Gasteiger partial charge in [-0.05, 0) is 25.0 Å². The Kier molecular flexibility index (Phi) is 5.38. The van der Waals surface area contributed by atoms with E-state index in [1.807, 2.05) is 0 Å². The molecule has 2 rings (SSSR count). The van der Waals surface area contributed by atoms with Crippen LogP contribution in [0.2, 0.25) is 5.02 Å². The molecular weight excluding hydrogens is 282 g/mol. The Morgan fingerprint density at radius 3 is 2.90 bits per heavy atom. The van der Waals surface area contributed by atoms with Gasteiger partial charge >= 0.3 is 5.97 Å². The van der Waals surface area contributed by atoms with E-state index in [1.54, 1.807) is 24.3 Å². The third-order valence-corrected chi connectivity index (χ3v) is 3.31. The van der Waals surface area contributed by atoms with Crippen molar-refractivity contribution in [2.45, 2.75) is 18.9 Å². The lowest BCUT2D eigenvalue weighted by Crippen LogP contribution is -2.34. The van der Waals surface area contributed by atoms with Gasteiger partial charge in [-0.2, -0.15) is 0 Å². The normalized spacial score (nSPS) is 17.8. The Balaban J connectivity index is 1.72. The SMILES string of the molecule is O=C(COC(=O)c1ccccc1Cl)NC[C@H]1CCCO1. The number of esters is 1. The van der Waals surface area contributed by atoms with E-state index in [9.17, 15) is 9.59 Å². The van der Waals surface area contributed by atoms with Gasteiger partial charge in [-0.25, -0.2) is 4.79 Å². The van der Waals surface area contributed by atoms with E-state index >= 15 is 0 Å². The Morgan fingerprint density at radius 2 is 2.20 bits per heavy atom. The van der Waals surface area contributed by atoms with Crippen LogP contribution >= 0.6 is 11.6 Å². The highest BCUT2D eigenvalue weighted by Gasteiger charge is 2.17. The lowest BCUT2D eigenvalue weighted by atomic mass is 10.2. The zero-order chi connectivity index (χ0) is 14.4. The number of rotatable bonds is 5. The van der Waals surface area contributed by atoms with Crippen LogP contribution in [0, 0.1) is 0 Å². The minimum absolute atomic E-state index is 0.0678. The number of ether oxygens (including phenoxy) is 2. The maximum Gasteiger partial charge on any atom is 0.340 e. The lowest BCUT2D eigenvalue weighted by Gasteiger charge is -2.11. The summed E-state index contributed by atoms with van der Waals surface area (Å²) in [6.07, 6.45) is 2.03. The van der Waals surface area contributed by atoms with E-state index in [0.29, 0.717) is 11.6 Å². The van der Waals surface area contributed by atoms with Crippen LogP contribution in [-0.4, -0.2) is 37.7 Å². The van der Waals surface area contributed by atoms with Crippen LogP contribution in [0.3, 0.4) is 0 Å². The molecule has 1 aliphatic rings. The highest BCUT2D eigenvalue weighted by molar-refractivity contribution is 6.33. The van der Waals surface area contributed by atoms with E-state index in [4.69, 9.17) is 21.1 Å². The summed E-state index contributed by atoms with van der Waals surface area (Å²) in [5.74, 6) is -0.955. The number of carbonyl (C=O) groups excluding carboxylic acids is 2. The predicted molar refractivity (Wildman–Crippen MR) is 73.7 cm³/mol. The number of halogens is 1. The van der Waals surface area contributed by atoms with Gasteiger partial charge in [0.25, 0.3) is 5.91 Å².